The van der Waals surface area contributed by atoms with Crippen LogP contribution in [0.1, 0.15) is 51.3 Å². The van der Waals surface area contributed by atoms with Crippen molar-refractivity contribution in [3.63, 3.8) is 0 Å². The van der Waals surface area contributed by atoms with Crippen LogP contribution in [0.25, 0.3) is 0 Å². The molecule has 2 heterocycles. The number of amides is 1. The van der Waals surface area contributed by atoms with E-state index in [1.165, 1.54) is 0 Å². The van der Waals surface area contributed by atoms with Gasteiger partial charge in [0.15, 0.2) is 0 Å². The van der Waals surface area contributed by atoms with Crippen molar-refractivity contribution in [1.29, 1.82) is 0 Å². The number of likely N-dealkylation sites (tertiary alicyclic amines) is 1. The molecule has 0 aliphatic carbocycles. The van der Waals surface area contributed by atoms with Crippen LogP contribution in [0.2, 0.25) is 0 Å². The summed E-state index contributed by atoms with van der Waals surface area (Å²) >= 11 is 0. The zero-order valence-electron chi connectivity index (χ0n) is 12.7. The SMILES string of the molecule is CCCN1C(=O)CCCC(C(=O)O)C1c1cncn1CC. The maximum atomic E-state index is 12.4. The van der Waals surface area contributed by atoms with Crippen molar-refractivity contribution >= 4 is 11.9 Å². The molecule has 21 heavy (non-hydrogen) atoms. The van der Waals surface area contributed by atoms with Gasteiger partial charge in [0, 0.05) is 19.5 Å². The van der Waals surface area contributed by atoms with E-state index in [-0.39, 0.29) is 5.91 Å². The topological polar surface area (TPSA) is 75.4 Å². The Labute approximate surface area is 124 Å². The molecule has 6 heteroatoms. The first-order valence-corrected chi connectivity index (χ1v) is 7.62. The molecular weight excluding hydrogens is 270 g/mol. The highest BCUT2D eigenvalue weighted by molar-refractivity contribution is 5.79. The largest absolute Gasteiger partial charge is 0.481 e. The number of carbonyl (C=O) groups excluding carboxylic acids is 1. The Morgan fingerprint density at radius 1 is 1.48 bits per heavy atom. The molecule has 0 aromatic carbocycles. The van der Waals surface area contributed by atoms with Crippen molar-refractivity contribution in [2.24, 2.45) is 5.92 Å². The van der Waals surface area contributed by atoms with Crippen LogP contribution >= 0.6 is 0 Å². The van der Waals surface area contributed by atoms with E-state index in [0.29, 0.717) is 32.4 Å². The summed E-state index contributed by atoms with van der Waals surface area (Å²) in [5.41, 5.74) is 0.827. The Morgan fingerprint density at radius 2 is 2.24 bits per heavy atom. The van der Waals surface area contributed by atoms with Gasteiger partial charge in [0.1, 0.15) is 0 Å². The Balaban J connectivity index is 2.47. The zero-order valence-corrected chi connectivity index (χ0v) is 12.7. The highest BCUT2D eigenvalue weighted by atomic mass is 16.4. The number of rotatable bonds is 5. The monoisotopic (exact) mass is 293 g/mol. The number of carboxylic acids is 1. The third kappa shape index (κ3) is 3.09. The molecule has 1 aliphatic heterocycles. The molecule has 1 amide bonds. The first-order chi connectivity index (χ1) is 10.1. The summed E-state index contributed by atoms with van der Waals surface area (Å²) < 4.78 is 1.93. The minimum Gasteiger partial charge on any atom is -0.481 e. The van der Waals surface area contributed by atoms with Gasteiger partial charge in [0.25, 0.3) is 0 Å². The lowest BCUT2D eigenvalue weighted by atomic mass is 9.92. The first-order valence-electron chi connectivity index (χ1n) is 7.62. The number of aromatic nitrogens is 2. The number of hydrogen-bond donors (Lipinski definition) is 1. The standard InChI is InChI=1S/C15H23N3O3/c1-3-8-18-13(19)7-5-6-11(15(20)21)14(18)12-9-16-10-17(12)4-2/h9-11,14H,3-8H2,1-2H3,(H,20,21). The van der Waals surface area contributed by atoms with Gasteiger partial charge in [-0.25, -0.2) is 4.98 Å². The van der Waals surface area contributed by atoms with E-state index in [1.54, 1.807) is 17.4 Å². The van der Waals surface area contributed by atoms with Gasteiger partial charge in [-0.2, -0.15) is 0 Å². The lowest BCUT2D eigenvalue weighted by molar-refractivity contribution is -0.146. The molecule has 1 aromatic heterocycles. The molecule has 1 aliphatic rings. The summed E-state index contributed by atoms with van der Waals surface area (Å²) in [6.07, 6.45) is 5.81. The second-order valence-electron chi connectivity index (χ2n) is 5.47. The Kier molecular flexibility index (Phi) is 4.98. The lowest BCUT2D eigenvalue weighted by Gasteiger charge is -2.33. The fraction of sp³-hybridized carbons (Fsp3) is 0.667. The molecule has 6 nitrogen and oxygen atoms in total. The highest BCUT2D eigenvalue weighted by Gasteiger charge is 2.39. The van der Waals surface area contributed by atoms with Crippen LogP contribution in [0, 0.1) is 5.92 Å². The number of carbonyl (C=O) groups is 2. The number of hydrogen-bond acceptors (Lipinski definition) is 3. The third-order valence-electron chi connectivity index (χ3n) is 4.11. The van der Waals surface area contributed by atoms with Crippen molar-refractivity contribution in [3.05, 3.63) is 18.2 Å². The fourth-order valence-corrected chi connectivity index (χ4v) is 3.12. The average Bonchev–Trinajstić information content (AvgIpc) is 2.86. The maximum absolute atomic E-state index is 12.4. The second kappa shape index (κ2) is 6.74. The zero-order chi connectivity index (χ0) is 15.4. The fourth-order valence-electron chi connectivity index (χ4n) is 3.12. The summed E-state index contributed by atoms with van der Waals surface area (Å²) in [5, 5.41) is 9.60. The molecule has 0 saturated carbocycles. The van der Waals surface area contributed by atoms with Crippen LogP contribution in [0.5, 0.6) is 0 Å². The van der Waals surface area contributed by atoms with Gasteiger partial charge >= 0.3 is 5.97 Å². The number of nitrogens with zero attached hydrogens (tertiary/aromatic N) is 3. The number of imidazole rings is 1. The van der Waals surface area contributed by atoms with E-state index >= 15 is 0 Å². The summed E-state index contributed by atoms with van der Waals surface area (Å²) in [5.74, 6) is -1.35. The van der Waals surface area contributed by atoms with Crippen molar-refractivity contribution in [2.75, 3.05) is 6.54 Å². The van der Waals surface area contributed by atoms with Crippen molar-refractivity contribution < 1.29 is 14.7 Å². The minimum atomic E-state index is -0.834. The van der Waals surface area contributed by atoms with E-state index < -0.39 is 17.9 Å². The Morgan fingerprint density at radius 3 is 2.86 bits per heavy atom. The molecule has 2 atom stereocenters. The van der Waals surface area contributed by atoms with Crippen LogP contribution in [0.15, 0.2) is 12.5 Å². The van der Waals surface area contributed by atoms with E-state index in [0.717, 1.165) is 12.1 Å². The van der Waals surface area contributed by atoms with Crippen LogP contribution < -0.4 is 0 Å². The smallest absolute Gasteiger partial charge is 0.309 e. The van der Waals surface area contributed by atoms with Gasteiger partial charge in [-0.05, 0) is 26.2 Å². The Bertz CT molecular complexity index is 512. The highest BCUT2D eigenvalue weighted by Crippen LogP contribution is 2.36. The molecule has 0 spiro atoms. The molecule has 0 radical (unpaired) electrons. The number of aryl methyl sites for hydroxylation is 1. The maximum Gasteiger partial charge on any atom is 0.309 e. The van der Waals surface area contributed by atoms with Crippen LogP contribution in [-0.2, 0) is 16.1 Å². The summed E-state index contributed by atoms with van der Waals surface area (Å²) in [6, 6.07) is -0.417. The van der Waals surface area contributed by atoms with Gasteiger partial charge in [-0.3, -0.25) is 9.59 Å². The number of aliphatic carboxylic acids is 1. The van der Waals surface area contributed by atoms with Gasteiger partial charge < -0.3 is 14.6 Å². The molecule has 1 aromatic rings. The minimum absolute atomic E-state index is 0.0504. The van der Waals surface area contributed by atoms with Gasteiger partial charge in [-0.1, -0.05) is 6.92 Å². The quantitative estimate of drug-likeness (QED) is 0.901. The van der Waals surface area contributed by atoms with Crippen LogP contribution in [-0.4, -0.2) is 38.0 Å². The van der Waals surface area contributed by atoms with Gasteiger partial charge in [0.2, 0.25) is 5.91 Å². The van der Waals surface area contributed by atoms with Crippen LogP contribution in [0.4, 0.5) is 0 Å². The molecule has 2 unspecified atom stereocenters. The normalized spacial score (nSPS) is 23.1. The lowest BCUT2D eigenvalue weighted by Crippen LogP contribution is -2.40. The molecule has 0 bridgehead atoms. The van der Waals surface area contributed by atoms with Crippen molar-refractivity contribution in [1.82, 2.24) is 14.5 Å². The Hall–Kier alpha value is -1.85. The molecule has 1 N–H and O–H groups in total. The molecule has 2 rings (SSSR count). The van der Waals surface area contributed by atoms with E-state index in [1.807, 2.05) is 18.4 Å². The van der Waals surface area contributed by atoms with Gasteiger partial charge in [0.05, 0.1) is 30.2 Å². The third-order valence-corrected chi connectivity index (χ3v) is 4.11. The van der Waals surface area contributed by atoms with Gasteiger partial charge in [-0.15, -0.1) is 0 Å². The molecule has 116 valence electrons. The average molecular weight is 293 g/mol. The summed E-state index contributed by atoms with van der Waals surface area (Å²) in [4.78, 5) is 30.0. The van der Waals surface area contributed by atoms with Crippen LogP contribution in [0.3, 0.4) is 0 Å². The van der Waals surface area contributed by atoms with Crippen molar-refractivity contribution in [2.45, 2.75) is 52.1 Å². The predicted octanol–water partition coefficient (Wildman–Crippen LogP) is 2.07. The number of carboxylic acid groups (broad SMARTS) is 1. The van der Waals surface area contributed by atoms with E-state index in [2.05, 4.69) is 4.98 Å². The predicted molar refractivity (Wildman–Crippen MR) is 77.6 cm³/mol. The van der Waals surface area contributed by atoms with Crippen molar-refractivity contribution in [3.8, 4) is 0 Å². The summed E-state index contributed by atoms with van der Waals surface area (Å²) in [6.45, 7) is 5.29. The molecule has 1 fully saturated rings. The van der Waals surface area contributed by atoms with E-state index in [4.69, 9.17) is 0 Å². The molecule has 1 saturated heterocycles. The molecular formula is C15H23N3O3. The van der Waals surface area contributed by atoms with E-state index in [9.17, 15) is 14.7 Å². The summed E-state index contributed by atoms with van der Waals surface area (Å²) in [7, 11) is 0. The first kappa shape index (κ1) is 15.5. The second-order valence-corrected chi connectivity index (χ2v) is 5.47.